The highest BCUT2D eigenvalue weighted by molar-refractivity contribution is 6.31. The van der Waals surface area contributed by atoms with Crippen LogP contribution >= 0.6 is 11.6 Å². The van der Waals surface area contributed by atoms with E-state index in [4.69, 9.17) is 16.3 Å². The van der Waals surface area contributed by atoms with E-state index in [9.17, 15) is 14.0 Å². The van der Waals surface area contributed by atoms with E-state index in [1.165, 1.54) is 30.5 Å². The van der Waals surface area contributed by atoms with Crippen molar-refractivity contribution in [3.05, 3.63) is 58.6 Å². The Kier molecular flexibility index (Phi) is 5.25. The SMILES string of the molecule is O=C(Nc1ccc(F)c(Cl)c1)c1ccnc(C(=O)N2CCOCC2)c1. The number of aromatic nitrogens is 1. The van der Waals surface area contributed by atoms with Gasteiger partial charge in [-0.25, -0.2) is 4.39 Å². The second-order valence-corrected chi connectivity index (χ2v) is 5.82. The molecular weight excluding hydrogens is 349 g/mol. The molecule has 130 valence electrons. The van der Waals surface area contributed by atoms with Crippen LogP contribution in [0, 0.1) is 5.82 Å². The van der Waals surface area contributed by atoms with E-state index in [0.717, 1.165) is 6.07 Å². The molecule has 2 aromatic rings. The topological polar surface area (TPSA) is 71.5 Å². The van der Waals surface area contributed by atoms with Gasteiger partial charge in [-0.15, -0.1) is 0 Å². The third kappa shape index (κ3) is 4.12. The number of ether oxygens (including phenoxy) is 1. The van der Waals surface area contributed by atoms with Crippen LogP contribution in [0.15, 0.2) is 36.5 Å². The summed E-state index contributed by atoms with van der Waals surface area (Å²) in [6, 6.07) is 6.81. The molecule has 1 aromatic heterocycles. The minimum Gasteiger partial charge on any atom is -0.378 e. The van der Waals surface area contributed by atoms with Crippen molar-refractivity contribution in [3.8, 4) is 0 Å². The summed E-state index contributed by atoms with van der Waals surface area (Å²) in [6.07, 6.45) is 1.40. The fourth-order valence-electron chi connectivity index (χ4n) is 2.39. The molecule has 1 saturated heterocycles. The van der Waals surface area contributed by atoms with Crippen molar-refractivity contribution in [3.63, 3.8) is 0 Å². The molecule has 1 N–H and O–H groups in total. The molecule has 0 radical (unpaired) electrons. The molecule has 8 heteroatoms. The predicted octanol–water partition coefficient (Wildman–Crippen LogP) is 2.60. The largest absolute Gasteiger partial charge is 0.378 e. The maximum Gasteiger partial charge on any atom is 0.272 e. The Bertz CT molecular complexity index is 809. The van der Waals surface area contributed by atoms with Crippen LogP contribution in [-0.4, -0.2) is 48.0 Å². The van der Waals surface area contributed by atoms with Crippen LogP contribution in [0.4, 0.5) is 10.1 Å². The van der Waals surface area contributed by atoms with Crippen molar-refractivity contribution < 1.29 is 18.7 Å². The molecule has 0 saturated carbocycles. The molecule has 1 aliphatic heterocycles. The first kappa shape index (κ1) is 17.3. The molecule has 0 spiro atoms. The number of amides is 2. The van der Waals surface area contributed by atoms with Gasteiger partial charge in [0.1, 0.15) is 11.5 Å². The number of nitrogens with zero attached hydrogens (tertiary/aromatic N) is 2. The van der Waals surface area contributed by atoms with Crippen LogP contribution in [0.1, 0.15) is 20.8 Å². The minimum absolute atomic E-state index is 0.0873. The quantitative estimate of drug-likeness (QED) is 0.909. The van der Waals surface area contributed by atoms with Crippen molar-refractivity contribution >= 4 is 29.1 Å². The number of anilines is 1. The number of hydrogen-bond donors (Lipinski definition) is 1. The second-order valence-electron chi connectivity index (χ2n) is 5.42. The summed E-state index contributed by atoms with van der Waals surface area (Å²) in [5.41, 5.74) is 0.813. The standard InChI is InChI=1S/C17H15ClFN3O3/c18-13-10-12(1-2-14(13)19)21-16(23)11-3-4-20-15(9-11)17(24)22-5-7-25-8-6-22/h1-4,9-10H,5-8H2,(H,21,23). The highest BCUT2D eigenvalue weighted by Crippen LogP contribution is 2.20. The average molecular weight is 364 g/mol. The number of rotatable bonds is 3. The maximum atomic E-state index is 13.2. The van der Waals surface area contributed by atoms with Crippen LogP contribution in [0.3, 0.4) is 0 Å². The van der Waals surface area contributed by atoms with Crippen LogP contribution in [-0.2, 0) is 4.74 Å². The fourth-order valence-corrected chi connectivity index (χ4v) is 2.57. The summed E-state index contributed by atoms with van der Waals surface area (Å²) >= 11 is 5.70. The van der Waals surface area contributed by atoms with E-state index in [2.05, 4.69) is 10.3 Å². The number of pyridine rings is 1. The molecule has 2 heterocycles. The lowest BCUT2D eigenvalue weighted by atomic mass is 10.2. The van der Waals surface area contributed by atoms with Gasteiger partial charge in [0.2, 0.25) is 0 Å². The lowest BCUT2D eigenvalue weighted by Gasteiger charge is -2.26. The van der Waals surface area contributed by atoms with Crippen molar-refractivity contribution in [2.24, 2.45) is 0 Å². The van der Waals surface area contributed by atoms with Crippen molar-refractivity contribution in [2.45, 2.75) is 0 Å². The van der Waals surface area contributed by atoms with E-state index in [1.807, 2.05) is 0 Å². The third-order valence-corrected chi connectivity index (χ3v) is 4.01. The highest BCUT2D eigenvalue weighted by atomic mass is 35.5. The van der Waals surface area contributed by atoms with Crippen LogP contribution in [0.2, 0.25) is 5.02 Å². The van der Waals surface area contributed by atoms with Crippen LogP contribution < -0.4 is 5.32 Å². The first-order valence-corrected chi connectivity index (χ1v) is 8.02. The molecular formula is C17H15ClFN3O3. The zero-order chi connectivity index (χ0) is 17.8. The van der Waals surface area contributed by atoms with E-state index in [-0.39, 0.29) is 22.2 Å². The molecule has 0 bridgehead atoms. The number of carbonyl (C=O) groups is 2. The summed E-state index contributed by atoms with van der Waals surface area (Å²) in [6.45, 7) is 1.95. The summed E-state index contributed by atoms with van der Waals surface area (Å²) in [4.78, 5) is 30.5. The first-order chi connectivity index (χ1) is 12.0. The second kappa shape index (κ2) is 7.58. The molecule has 25 heavy (non-hydrogen) atoms. The highest BCUT2D eigenvalue weighted by Gasteiger charge is 2.20. The zero-order valence-corrected chi connectivity index (χ0v) is 13.9. The van der Waals surface area contributed by atoms with Crippen LogP contribution in [0.25, 0.3) is 0 Å². The Hall–Kier alpha value is -2.51. The summed E-state index contributed by atoms with van der Waals surface area (Å²) < 4.78 is 18.4. The number of carbonyl (C=O) groups excluding carboxylic acids is 2. The molecule has 1 fully saturated rings. The number of nitrogens with one attached hydrogen (secondary N) is 1. The predicted molar refractivity (Wildman–Crippen MR) is 90.3 cm³/mol. The normalized spacial score (nSPS) is 14.2. The lowest BCUT2D eigenvalue weighted by Crippen LogP contribution is -2.41. The van der Waals surface area contributed by atoms with Gasteiger partial charge in [0.15, 0.2) is 0 Å². The zero-order valence-electron chi connectivity index (χ0n) is 13.2. The van der Waals surface area contributed by atoms with Gasteiger partial charge in [-0.05, 0) is 30.3 Å². The number of halogens is 2. The smallest absolute Gasteiger partial charge is 0.272 e. The minimum atomic E-state index is -0.568. The van der Waals surface area contributed by atoms with E-state index >= 15 is 0 Å². The molecule has 0 aliphatic carbocycles. The fraction of sp³-hybridized carbons (Fsp3) is 0.235. The summed E-state index contributed by atoms with van der Waals surface area (Å²) in [7, 11) is 0. The van der Waals surface area contributed by atoms with E-state index in [0.29, 0.717) is 32.0 Å². The molecule has 1 aromatic carbocycles. The Morgan fingerprint density at radius 1 is 1.20 bits per heavy atom. The number of benzene rings is 1. The number of hydrogen-bond acceptors (Lipinski definition) is 4. The average Bonchev–Trinajstić information content (AvgIpc) is 2.65. The van der Waals surface area contributed by atoms with Gasteiger partial charge in [0.05, 0.1) is 18.2 Å². The van der Waals surface area contributed by atoms with Gasteiger partial charge in [0.25, 0.3) is 11.8 Å². The maximum absolute atomic E-state index is 13.2. The molecule has 0 atom stereocenters. The first-order valence-electron chi connectivity index (χ1n) is 7.64. The van der Waals surface area contributed by atoms with Gasteiger partial charge in [-0.2, -0.15) is 0 Å². The Morgan fingerprint density at radius 2 is 1.96 bits per heavy atom. The molecule has 2 amide bonds. The van der Waals surface area contributed by atoms with Gasteiger partial charge in [-0.3, -0.25) is 14.6 Å². The third-order valence-electron chi connectivity index (χ3n) is 3.72. The number of morpholine rings is 1. The Labute approximate surface area is 148 Å². The lowest BCUT2D eigenvalue weighted by molar-refractivity contribution is 0.0299. The van der Waals surface area contributed by atoms with Crippen molar-refractivity contribution in [2.75, 3.05) is 31.6 Å². The summed E-state index contributed by atoms with van der Waals surface area (Å²) in [5, 5.41) is 2.52. The van der Waals surface area contributed by atoms with Crippen LogP contribution in [0.5, 0.6) is 0 Å². The molecule has 6 nitrogen and oxygen atoms in total. The monoisotopic (exact) mass is 363 g/mol. The van der Waals surface area contributed by atoms with Crippen molar-refractivity contribution in [1.29, 1.82) is 0 Å². The Morgan fingerprint density at radius 3 is 2.68 bits per heavy atom. The van der Waals surface area contributed by atoms with Gasteiger partial charge in [0, 0.05) is 30.5 Å². The van der Waals surface area contributed by atoms with E-state index in [1.54, 1.807) is 4.90 Å². The molecule has 0 unspecified atom stereocenters. The molecule has 3 rings (SSSR count). The van der Waals surface area contributed by atoms with Crippen molar-refractivity contribution in [1.82, 2.24) is 9.88 Å². The van der Waals surface area contributed by atoms with Gasteiger partial charge in [-0.1, -0.05) is 11.6 Å². The van der Waals surface area contributed by atoms with Gasteiger partial charge >= 0.3 is 0 Å². The van der Waals surface area contributed by atoms with Gasteiger partial charge < -0.3 is 15.0 Å². The Balaban J connectivity index is 1.74. The summed E-state index contributed by atoms with van der Waals surface area (Å²) in [5.74, 6) is -1.26. The molecule has 1 aliphatic rings. The van der Waals surface area contributed by atoms with E-state index < -0.39 is 11.7 Å².